The number of nitrogens with one attached hydrogen (secondary N) is 1. The second kappa shape index (κ2) is 9.10. The summed E-state index contributed by atoms with van der Waals surface area (Å²) in [5, 5.41) is 5.03. The molecule has 2 aromatic heterocycles. The van der Waals surface area contributed by atoms with Crippen molar-refractivity contribution in [1.29, 1.82) is 0 Å². The molecule has 152 valence electrons. The second-order valence-corrected chi connectivity index (χ2v) is 8.13. The van der Waals surface area contributed by atoms with Crippen LogP contribution in [0.4, 0.5) is 13.9 Å². The van der Waals surface area contributed by atoms with Crippen molar-refractivity contribution in [1.82, 2.24) is 9.97 Å². The molecule has 4 rings (SSSR count). The van der Waals surface area contributed by atoms with Crippen LogP contribution in [0.3, 0.4) is 0 Å². The Morgan fingerprint density at radius 1 is 1.13 bits per heavy atom. The zero-order chi connectivity index (χ0) is 20.9. The van der Waals surface area contributed by atoms with Crippen LogP contribution in [0.5, 0.6) is 5.75 Å². The van der Waals surface area contributed by atoms with Crippen LogP contribution in [0.25, 0.3) is 0 Å². The van der Waals surface area contributed by atoms with Crippen LogP contribution in [-0.4, -0.2) is 15.9 Å². The molecule has 0 bridgehead atoms. The zero-order valence-electron chi connectivity index (χ0n) is 15.5. The number of aromatic nitrogens is 2. The van der Waals surface area contributed by atoms with E-state index in [1.165, 1.54) is 34.8 Å². The predicted octanol–water partition coefficient (Wildman–Crippen LogP) is 5.30. The third-order valence-corrected chi connectivity index (χ3v) is 5.67. The highest BCUT2D eigenvalue weighted by molar-refractivity contribution is 7.15. The van der Waals surface area contributed by atoms with Gasteiger partial charge in [0.1, 0.15) is 24.0 Å². The molecule has 0 atom stereocenters. The fraction of sp³-hybridized carbons (Fsp3) is 0.0952. The molecule has 2 aromatic carbocycles. The first-order valence-corrected chi connectivity index (χ1v) is 10.6. The van der Waals surface area contributed by atoms with E-state index in [1.807, 2.05) is 5.38 Å². The van der Waals surface area contributed by atoms with Gasteiger partial charge in [-0.3, -0.25) is 10.1 Å². The molecule has 9 heteroatoms. The van der Waals surface area contributed by atoms with Gasteiger partial charge in [0.05, 0.1) is 11.2 Å². The lowest BCUT2D eigenvalue weighted by Gasteiger charge is -2.07. The third-order valence-electron chi connectivity index (χ3n) is 4.12. The van der Waals surface area contributed by atoms with E-state index in [0.29, 0.717) is 28.6 Å². The molecular formula is C21H15F2N3O2S2. The Morgan fingerprint density at radius 3 is 2.83 bits per heavy atom. The number of hydrogen-bond acceptors (Lipinski definition) is 6. The summed E-state index contributed by atoms with van der Waals surface area (Å²) in [6.45, 7) is 0.324. The second-order valence-electron chi connectivity index (χ2n) is 6.29. The average molecular weight is 444 g/mol. The first kappa shape index (κ1) is 20.1. The molecule has 5 nitrogen and oxygen atoms in total. The van der Waals surface area contributed by atoms with E-state index < -0.39 is 11.6 Å². The molecule has 1 amide bonds. The number of amides is 1. The minimum atomic E-state index is -0.619. The zero-order valence-corrected chi connectivity index (χ0v) is 17.1. The van der Waals surface area contributed by atoms with Crippen LogP contribution in [-0.2, 0) is 13.0 Å². The van der Waals surface area contributed by atoms with Gasteiger partial charge in [0, 0.05) is 34.5 Å². The number of thiazole rings is 2. The maximum Gasteiger partial charge on any atom is 0.257 e. The van der Waals surface area contributed by atoms with Gasteiger partial charge in [-0.2, -0.15) is 0 Å². The topological polar surface area (TPSA) is 64.1 Å². The lowest BCUT2D eigenvalue weighted by Crippen LogP contribution is -2.11. The third kappa shape index (κ3) is 5.05. The standard InChI is InChI=1S/C21H15F2N3O2S2/c22-15-5-4-13(19(23)8-15)7-18-9-24-21(30-18)26-20(27)14-2-1-3-17(6-14)28-10-16-11-29-12-25-16/h1-6,8-9,11-12H,7,10H2,(H,24,26,27). The molecule has 0 unspecified atom stereocenters. The van der Waals surface area contributed by atoms with E-state index in [1.54, 1.807) is 36.0 Å². The lowest BCUT2D eigenvalue weighted by atomic mass is 10.1. The number of nitrogens with zero attached hydrogens (tertiary/aromatic N) is 2. The molecule has 0 spiro atoms. The van der Waals surface area contributed by atoms with Crippen LogP contribution < -0.4 is 10.1 Å². The van der Waals surface area contributed by atoms with Gasteiger partial charge in [-0.15, -0.1) is 22.7 Å². The lowest BCUT2D eigenvalue weighted by molar-refractivity contribution is 0.102. The summed E-state index contributed by atoms with van der Waals surface area (Å²) < 4.78 is 32.5. The summed E-state index contributed by atoms with van der Waals surface area (Å²) in [7, 11) is 0. The number of carbonyl (C=O) groups is 1. The molecule has 0 fully saturated rings. The first-order chi connectivity index (χ1) is 14.6. The van der Waals surface area contributed by atoms with E-state index in [2.05, 4.69) is 15.3 Å². The minimum absolute atomic E-state index is 0.263. The van der Waals surface area contributed by atoms with Crippen molar-refractivity contribution in [3.8, 4) is 5.75 Å². The van der Waals surface area contributed by atoms with Gasteiger partial charge in [0.2, 0.25) is 0 Å². The minimum Gasteiger partial charge on any atom is -0.487 e. The van der Waals surface area contributed by atoms with Gasteiger partial charge in [0.15, 0.2) is 5.13 Å². The van der Waals surface area contributed by atoms with E-state index in [0.717, 1.165) is 16.6 Å². The maximum absolute atomic E-state index is 13.8. The molecule has 0 aliphatic carbocycles. The van der Waals surface area contributed by atoms with E-state index in [4.69, 9.17) is 4.74 Å². The van der Waals surface area contributed by atoms with Crippen molar-refractivity contribution in [3.05, 3.63) is 92.9 Å². The summed E-state index contributed by atoms with van der Waals surface area (Å²) in [5.74, 6) is -1.00. The Labute approximate surface area is 179 Å². The Morgan fingerprint density at radius 2 is 2.03 bits per heavy atom. The Hall–Kier alpha value is -3.17. The van der Waals surface area contributed by atoms with Crippen LogP contribution in [0.15, 0.2) is 59.6 Å². The number of carbonyl (C=O) groups excluding carboxylic acids is 1. The van der Waals surface area contributed by atoms with E-state index in [9.17, 15) is 13.6 Å². The van der Waals surface area contributed by atoms with Crippen molar-refractivity contribution in [2.24, 2.45) is 0 Å². The molecule has 30 heavy (non-hydrogen) atoms. The predicted molar refractivity (Wildman–Crippen MR) is 112 cm³/mol. The largest absolute Gasteiger partial charge is 0.487 e. The highest BCUT2D eigenvalue weighted by atomic mass is 32.1. The van der Waals surface area contributed by atoms with Crippen molar-refractivity contribution in [2.75, 3.05) is 5.32 Å². The van der Waals surface area contributed by atoms with Crippen LogP contribution in [0.1, 0.15) is 26.5 Å². The molecule has 4 aromatic rings. The van der Waals surface area contributed by atoms with Gasteiger partial charge in [-0.1, -0.05) is 12.1 Å². The molecule has 0 saturated carbocycles. The SMILES string of the molecule is O=C(Nc1ncc(Cc2ccc(F)cc2F)s1)c1cccc(OCc2cscn2)c1. The molecule has 0 aliphatic rings. The van der Waals surface area contributed by atoms with Gasteiger partial charge in [-0.25, -0.2) is 18.7 Å². The Kier molecular flexibility index (Phi) is 6.10. The smallest absolute Gasteiger partial charge is 0.257 e. The number of ether oxygens (including phenoxy) is 1. The summed E-state index contributed by atoms with van der Waals surface area (Å²) in [6, 6.07) is 10.3. The molecule has 1 N–H and O–H groups in total. The van der Waals surface area contributed by atoms with Crippen molar-refractivity contribution >= 4 is 33.7 Å². The van der Waals surface area contributed by atoms with E-state index >= 15 is 0 Å². The van der Waals surface area contributed by atoms with Crippen LogP contribution >= 0.6 is 22.7 Å². The molecule has 0 aliphatic heterocycles. The van der Waals surface area contributed by atoms with Crippen LogP contribution in [0.2, 0.25) is 0 Å². The average Bonchev–Trinajstić information content (AvgIpc) is 3.41. The van der Waals surface area contributed by atoms with Gasteiger partial charge in [-0.05, 0) is 29.8 Å². The monoisotopic (exact) mass is 443 g/mol. The molecule has 2 heterocycles. The first-order valence-electron chi connectivity index (χ1n) is 8.87. The highest BCUT2D eigenvalue weighted by Gasteiger charge is 2.12. The summed E-state index contributed by atoms with van der Waals surface area (Å²) in [6.07, 6.45) is 1.83. The summed E-state index contributed by atoms with van der Waals surface area (Å²) in [4.78, 5) is 21.6. The van der Waals surface area contributed by atoms with Crippen LogP contribution in [0, 0.1) is 11.6 Å². The fourth-order valence-electron chi connectivity index (χ4n) is 2.66. The number of anilines is 1. The summed E-state index contributed by atoms with van der Waals surface area (Å²) in [5.41, 5.74) is 3.34. The highest BCUT2D eigenvalue weighted by Crippen LogP contribution is 2.24. The molecular weight excluding hydrogens is 428 g/mol. The number of benzene rings is 2. The maximum atomic E-state index is 13.8. The van der Waals surface area contributed by atoms with Gasteiger partial charge >= 0.3 is 0 Å². The molecule has 0 radical (unpaired) electrons. The summed E-state index contributed by atoms with van der Waals surface area (Å²) >= 11 is 2.72. The van der Waals surface area contributed by atoms with Crippen molar-refractivity contribution in [3.63, 3.8) is 0 Å². The fourth-order valence-corrected chi connectivity index (χ4v) is 4.04. The number of rotatable bonds is 7. The van der Waals surface area contributed by atoms with E-state index in [-0.39, 0.29) is 12.3 Å². The Balaban J connectivity index is 1.38. The van der Waals surface area contributed by atoms with Crippen molar-refractivity contribution in [2.45, 2.75) is 13.0 Å². The molecule has 0 saturated heterocycles. The quantitative estimate of drug-likeness (QED) is 0.421. The van der Waals surface area contributed by atoms with Gasteiger partial charge < -0.3 is 4.74 Å². The van der Waals surface area contributed by atoms with Crippen molar-refractivity contribution < 1.29 is 18.3 Å². The number of halogens is 2. The van der Waals surface area contributed by atoms with Gasteiger partial charge in [0.25, 0.3) is 5.91 Å². The normalized spacial score (nSPS) is 10.7. The number of hydrogen-bond donors (Lipinski definition) is 1. The Bertz CT molecular complexity index is 1160.